The number of rotatable bonds is 7. The summed E-state index contributed by atoms with van der Waals surface area (Å²) >= 11 is 1.53. The fourth-order valence-electron chi connectivity index (χ4n) is 4.17. The van der Waals surface area contributed by atoms with Gasteiger partial charge >= 0.3 is 5.97 Å². The van der Waals surface area contributed by atoms with E-state index in [0.29, 0.717) is 12.4 Å². The summed E-state index contributed by atoms with van der Waals surface area (Å²) in [6.07, 6.45) is 3.40. The van der Waals surface area contributed by atoms with Crippen molar-refractivity contribution in [1.82, 2.24) is 9.97 Å². The molecule has 1 aliphatic heterocycles. The van der Waals surface area contributed by atoms with E-state index in [-0.39, 0.29) is 12.3 Å². The van der Waals surface area contributed by atoms with E-state index >= 15 is 0 Å². The molecule has 2 aromatic heterocycles. The van der Waals surface area contributed by atoms with Gasteiger partial charge in [-0.2, -0.15) is 0 Å². The molecule has 7 heteroatoms. The fourth-order valence-corrected chi connectivity index (χ4v) is 5.24. The van der Waals surface area contributed by atoms with E-state index in [1.165, 1.54) is 17.8 Å². The first-order valence-corrected chi connectivity index (χ1v) is 12.5. The number of hydrogen-bond acceptors (Lipinski definition) is 7. The van der Waals surface area contributed by atoms with Gasteiger partial charge < -0.3 is 14.4 Å². The molecule has 6 nitrogen and oxygen atoms in total. The zero-order chi connectivity index (χ0) is 23.3. The van der Waals surface area contributed by atoms with Gasteiger partial charge in [-0.15, -0.1) is 11.3 Å². The second-order valence-electron chi connectivity index (χ2n) is 8.22. The first-order chi connectivity index (χ1) is 16.7. The number of piperidine rings is 1. The molecule has 0 spiro atoms. The molecule has 0 aliphatic carbocycles. The van der Waals surface area contributed by atoms with Crippen LogP contribution in [-0.4, -0.2) is 35.6 Å². The normalized spacial score (nSPS) is 13.7. The number of carbonyl (C=O) groups excluding carboxylic acids is 1. The Morgan fingerprint density at radius 2 is 1.68 bits per heavy atom. The number of anilines is 1. The molecule has 4 aromatic rings. The van der Waals surface area contributed by atoms with Crippen LogP contribution in [0.5, 0.6) is 5.75 Å². The monoisotopic (exact) mass is 473 g/mol. The third-order valence-corrected chi connectivity index (χ3v) is 6.95. The number of benzene rings is 2. The molecule has 0 unspecified atom stereocenters. The Morgan fingerprint density at radius 3 is 2.38 bits per heavy atom. The van der Waals surface area contributed by atoms with Crippen LogP contribution in [0.25, 0.3) is 20.8 Å². The maximum Gasteiger partial charge on any atom is 0.360 e. The van der Waals surface area contributed by atoms with Gasteiger partial charge in [0.25, 0.3) is 0 Å². The van der Waals surface area contributed by atoms with E-state index in [4.69, 9.17) is 19.4 Å². The van der Waals surface area contributed by atoms with Crippen molar-refractivity contribution in [3.63, 3.8) is 0 Å². The second-order valence-corrected chi connectivity index (χ2v) is 9.22. The van der Waals surface area contributed by atoms with E-state index in [1.807, 2.05) is 60.7 Å². The predicted octanol–water partition coefficient (Wildman–Crippen LogP) is 6.10. The van der Waals surface area contributed by atoms with Gasteiger partial charge in [0.05, 0.1) is 6.61 Å². The third kappa shape index (κ3) is 4.61. The van der Waals surface area contributed by atoms with Crippen LogP contribution in [0.2, 0.25) is 0 Å². The van der Waals surface area contributed by atoms with Crippen LogP contribution in [-0.2, 0) is 11.3 Å². The summed E-state index contributed by atoms with van der Waals surface area (Å²) in [6, 6.07) is 20.0. The quantitative estimate of drug-likeness (QED) is 0.302. The van der Waals surface area contributed by atoms with E-state index in [2.05, 4.69) is 4.90 Å². The highest BCUT2D eigenvalue weighted by Gasteiger charge is 2.28. The molecule has 174 valence electrons. The molecule has 1 aliphatic rings. The Labute approximate surface area is 203 Å². The molecule has 34 heavy (non-hydrogen) atoms. The predicted molar refractivity (Wildman–Crippen MR) is 136 cm³/mol. The standard InChI is InChI=1S/C27H27N3O3S/c1-2-32-27(31)21-23(33-18-19-12-6-3-7-13-19)24-22(25(28-21)30-16-10-5-11-17-30)29-26(34-24)20-14-8-4-9-15-20/h3-4,6-9,12-15H,2,5,10-11,16-18H2,1H3. The summed E-state index contributed by atoms with van der Waals surface area (Å²) in [5.74, 6) is 0.710. The lowest BCUT2D eigenvalue weighted by Crippen LogP contribution is -2.31. The Morgan fingerprint density at radius 1 is 0.971 bits per heavy atom. The number of aromatic nitrogens is 2. The fraction of sp³-hybridized carbons (Fsp3) is 0.296. The minimum Gasteiger partial charge on any atom is -0.485 e. The topological polar surface area (TPSA) is 64.5 Å². The zero-order valence-corrected chi connectivity index (χ0v) is 20.0. The number of nitrogens with zero attached hydrogens (tertiary/aromatic N) is 3. The van der Waals surface area contributed by atoms with E-state index < -0.39 is 5.97 Å². The molecule has 0 radical (unpaired) electrons. The SMILES string of the molecule is CCOC(=O)c1nc(N2CCCCC2)c2nc(-c3ccccc3)sc2c1OCc1ccccc1. The molecule has 1 fully saturated rings. The number of thiazole rings is 1. The van der Waals surface area contributed by atoms with Gasteiger partial charge in [-0.05, 0) is 31.7 Å². The van der Waals surface area contributed by atoms with E-state index in [0.717, 1.165) is 58.1 Å². The van der Waals surface area contributed by atoms with Gasteiger partial charge in [0.2, 0.25) is 0 Å². The summed E-state index contributed by atoms with van der Waals surface area (Å²) in [7, 11) is 0. The van der Waals surface area contributed by atoms with Crippen molar-refractivity contribution in [3.8, 4) is 16.3 Å². The number of hydrogen-bond donors (Lipinski definition) is 0. The Bertz CT molecular complexity index is 1270. The second kappa shape index (κ2) is 10.2. The molecule has 0 bridgehead atoms. The zero-order valence-electron chi connectivity index (χ0n) is 19.2. The van der Waals surface area contributed by atoms with Crippen molar-refractivity contribution in [2.75, 3.05) is 24.6 Å². The Kier molecular flexibility index (Phi) is 6.72. The summed E-state index contributed by atoms with van der Waals surface area (Å²) < 4.78 is 12.5. The van der Waals surface area contributed by atoms with Crippen LogP contribution in [0.15, 0.2) is 60.7 Å². The lowest BCUT2D eigenvalue weighted by atomic mass is 10.1. The summed E-state index contributed by atoms with van der Waals surface area (Å²) in [5, 5.41) is 0.876. The van der Waals surface area contributed by atoms with E-state index in [1.54, 1.807) is 6.92 Å². The Balaban J connectivity index is 1.67. The van der Waals surface area contributed by atoms with Crippen LogP contribution in [0, 0.1) is 0 Å². The Hall–Kier alpha value is -3.45. The van der Waals surface area contributed by atoms with Gasteiger partial charge in [-0.3, -0.25) is 0 Å². The number of pyridine rings is 1. The summed E-state index contributed by atoms with van der Waals surface area (Å²) in [5.41, 5.74) is 3.04. The highest BCUT2D eigenvalue weighted by Crippen LogP contribution is 2.42. The molecule has 5 rings (SSSR count). The maximum atomic E-state index is 13.0. The van der Waals surface area contributed by atoms with Crippen LogP contribution in [0.1, 0.15) is 42.2 Å². The molecule has 2 aromatic carbocycles. The molecule has 0 N–H and O–H groups in total. The van der Waals surface area contributed by atoms with Crippen molar-refractivity contribution in [3.05, 3.63) is 71.9 Å². The minimum atomic E-state index is -0.472. The van der Waals surface area contributed by atoms with Crippen molar-refractivity contribution >= 4 is 33.3 Å². The van der Waals surface area contributed by atoms with Crippen molar-refractivity contribution in [1.29, 1.82) is 0 Å². The van der Waals surface area contributed by atoms with Crippen LogP contribution >= 0.6 is 11.3 Å². The van der Waals surface area contributed by atoms with Gasteiger partial charge in [0.1, 0.15) is 21.8 Å². The van der Waals surface area contributed by atoms with Crippen molar-refractivity contribution < 1.29 is 14.3 Å². The minimum absolute atomic E-state index is 0.217. The number of ether oxygens (including phenoxy) is 2. The van der Waals surface area contributed by atoms with E-state index in [9.17, 15) is 4.79 Å². The highest BCUT2D eigenvalue weighted by molar-refractivity contribution is 7.22. The molecule has 0 saturated carbocycles. The van der Waals surface area contributed by atoms with Crippen LogP contribution in [0.3, 0.4) is 0 Å². The van der Waals surface area contributed by atoms with Gasteiger partial charge in [0, 0.05) is 18.7 Å². The smallest absolute Gasteiger partial charge is 0.360 e. The lowest BCUT2D eigenvalue weighted by Gasteiger charge is -2.28. The maximum absolute atomic E-state index is 13.0. The largest absolute Gasteiger partial charge is 0.485 e. The van der Waals surface area contributed by atoms with Gasteiger partial charge in [-0.25, -0.2) is 14.8 Å². The molecule has 0 amide bonds. The van der Waals surface area contributed by atoms with Crippen LogP contribution < -0.4 is 9.64 Å². The summed E-state index contributed by atoms with van der Waals surface area (Å²) in [4.78, 5) is 25.1. The highest BCUT2D eigenvalue weighted by atomic mass is 32.1. The van der Waals surface area contributed by atoms with Gasteiger partial charge in [0.15, 0.2) is 17.3 Å². The average molecular weight is 474 g/mol. The average Bonchev–Trinajstić information content (AvgIpc) is 3.34. The molecule has 1 saturated heterocycles. The lowest BCUT2D eigenvalue weighted by molar-refractivity contribution is 0.0514. The molecule has 0 atom stereocenters. The number of carbonyl (C=O) groups is 1. The molecule has 3 heterocycles. The van der Waals surface area contributed by atoms with Crippen molar-refractivity contribution in [2.24, 2.45) is 0 Å². The molecular weight excluding hydrogens is 446 g/mol. The number of esters is 1. The first-order valence-electron chi connectivity index (χ1n) is 11.7. The first kappa shape index (κ1) is 22.3. The van der Waals surface area contributed by atoms with Gasteiger partial charge in [-0.1, -0.05) is 60.7 Å². The van der Waals surface area contributed by atoms with Crippen LogP contribution in [0.4, 0.5) is 5.82 Å². The molecular formula is C27H27N3O3S. The summed E-state index contributed by atoms with van der Waals surface area (Å²) in [6.45, 7) is 4.19. The van der Waals surface area contributed by atoms with Crippen molar-refractivity contribution in [2.45, 2.75) is 32.8 Å². The third-order valence-electron chi connectivity index (χ3n) is 5.85. The number of fused-ring (bicyclic) bond motifs is 1.